The summed E-state index contributed by atoms with van der Waals surface area (Å²) in [5, 5.41) is 33.2. The SMILES string of the molecule is CCCSc1nc(N[C@@H]2C[C@H]2c2ccccc2)c2nnn([C@@H]3CC[C@@H](O)[C@H]3O)c2n1. The average molecular weight is 427 g/mol. The highest BCUT2D eigenvalue weighted by molar-refractivity contribution is 7.99. The van der Waals surface area contributed by atoms with E-state index in [0.717, 1.165) is 18.6 Å². The van der Waals surface area contributed by atoms with Crippen LogP contribution in [0.25, 0.3) is 11.2 Å². The topological polar surface area (TPSA) is 109 Å². The van der Waals surface area contributed by atoms with Gasteiger partial charge in [0.15, 0.2) is 22.1 Å². The Morgan fingerprint density at radius 1 is 1.17 bits per heavy atom. The van der Waals surface area contributed by atoms with Crippen molar-refractivity contribution in [2.24, 2.45) is 0 Å². The number of hydrogen-bond donors (Lipinski definition) is 3. The van der Waals surface area contributed by atoms with Crippen LogP contribution in [0.3, 0.4) is 0 Å². The smallest absolute Gasteiger partial charge is 0.191 e. The minimum Gasteiger partial charge on any atom is -0.390 e. The lowest BCUT2D eigenvalue weighted by Crippen LogP contribution is -2.28. The van der Waals surface area contributed by atoms with E-state index in [4.69, 9.17) is 9.97 Å². The van der Waals surface area contributed by atoms with E-state index in [9.17, 15) is 10.2 Å². The predicted octanol–water partition coefficient (Wildman–Crippen LogP) is 2.75. The summed E-state index contributed by atoms with van der Waals surface area (Å²) in [6.45, 7) is 2.13. The molecule has 158 valence electrons. The lowest BCUT2D eigenvalue weighted by molar-refractivity contribution is 0.0215. The molecule has 2 aromatic heterocycles. The van der Waals surface area contributed by atoms with E-state index >= 15 is 0 Å². The fourth-order valence-electron chi connectivity index (χ4n) is 4.20. The molecule has 0 radical (unpaired) electrons. The zero-order valence-electron chi connectivity index (χ0n) is 16.8. The number of aliphatic hydroxyl groups excluding tert-OH is 2. The third-order valence-electron chi connectivity index (χ3n) is 5.94. The maximum absolute atomic E-state index is 10.4. The fraction of sp³-hybridized carbons (Fsp3) is 0.524. The van der Waals surface area contributed by atoms with Crippen LogP contribution in [0.5, 0.6) is 0 Å². The molecule has 0 unspecified atom stereocenters. The van der Waals surface area contributed by atoms with Gasteiger partial charge in [0, 0.05) is 17.7 Å². The highest BCUT2D eigenvalue weighted by atomic mass is 32.2. The first kappa shape index (κ1) is 19.7. The van der Waals surface area contributed by atoms with Crippen LogP contribution in [0.4, 0.5) is 5.82 Å². The monoisotopic (exact) mass is 426 g/mol. The van der Waals surface area contributed by atoms with E-state index in [0.29, 0.717) is 46.9 Å². The van der Waals surface area contributed by atoms with Gasteiger partial charge in [-0.1, -0.05) is 54.2 Å². The number of rotatable bonds is 7. The number of nitrogens with zero attached hydrogens (tertiary/aromatic N) is 5. The Hall–Kier alpha value is -2.23. The number of benzene rings is 1. The van der Waals surface area contributed by atoms with Gasteiger partial charge < -0.3 is 15.5 Å². The molecule has 2 aliphatic carbocycles. The molecule has 8 nitrogen and oxygen atoms in total. The molecule has 2 heterocycles. The van der Waals surface area contributed by atoms with E-state index in [1.807, 2.05) is 6.07 Å². The van der Waals surface area contributed by atoms with Crippen molar-refractivity contribution in [2.75, 3.05) is 11.1 Å². The van der Waals surface area contributed by atoms with Crippen molar-refractivity contribution in [1.82, 2.24) is 25.0 Å². The average Bonchev–Trinajstić information content (AvgIpc) is 3.29. The highest BCUT2D eigenvalue weighted by Gasteiger charge is 2.40. The van der Waals surface area contributed by atoms with Crippen LogP contribution in [0.1, 0.15) is 50.1 Å². The molecule has 9 heteroatoms. The first-order valence-corrected chi connectivity index (χ1v) is 11.6. The van der Waals surface area contributed by atoms with Crippen LogP contribution in [0, 0.1) is 0 Å². The molecule has 2 fully saturated rings. The van der Waals surface area contributed by atoms with E-state index < -0.39 is 12.2 Å². The highest BCUT2D eigenvalue weighted by Crippen LogP contribution is 2.43. The van der Waals surface area contributed by atoms with Gasteiger partial charge in [-0.25, -0.2) is 14.6 Å². The number of aliphatic hydroxyl groups is 2. The van der Waals surface area contributed by atoms with Gasteiger partial charge in [-0.2, -0.15) is 0 Å². The second kappa shape index (κ2) is 8.13. The van der Waals surface area contributed by atoms with Crippen molar-refractivity contribution < 1.29 is 10.2 Å². The Morgan fingerprint density at radius 3 is 2.73 bits per heavy atom. The molecule has 2 aliphatic rings. The number of hydrogen-bond acceptors (Lipinski definition) is 8. The molecule has 0 spiro atoms. The molecule has 5 atom stereocenters. The molecule has 3 N–H and O–H groups in total. The van der Waals surface area contributed by atoms with Crippen LogP contribution in [-0.2, 0) is 0 Å². The molecule has 2 saturated carbocycles. The summed E-state index contributed by atoms with van der Waals surface area (Å²) in [7, 11) is 0. The number of nitrogens with one attached hydrogen (secondary N) is 1. The Balaban J connectivity index is 1.46. The van der Waals surface area contributed by atoms with Gasteiger partial charge in [-0.05, 0) is 31.2 Å². The molecular formula is C21H26N6O2S. The number of fused-ring (bicyclic) bond motifs is 1. The third kappa shape index (κ3) is 3.66. The summed E-state index contributed by atoms with van der Waals surface area (Å²) in [5.74, 6) is 2.08. The second-order valence-corrected chi connectivity index (χ2v) is 9.18. The van der Waals surface area contributed by atoms with Crippen molar-refractivity contribution in [3.63, 3.8) is 0 Å². The Kier molecular flexibility index (Phi) is 5.34. The van der Waals surface area contributed by atoms with Crippen molar-refractivity contribution in [2.45, 2.75) is 68.0 Å². The van der Waals surface area contributed by atoms with Crippen LogP contribution in [0.15, 0.2) is 35.5 Å². The van der Waals surface area contributed by atoms with Gasteiger partial charge in [0.05, 0.1) is 12.1 Å². The third-order valence-corrected chi connectivity index (χ3v) is 6.99. The summed E-state index contributed by atoms with van der Waals surface area (Å²) in [4.78, 5) is 9.43. The summed E-state index contributed by atoms with van der Waals surface area (Å²) in [6, 6.07) is 10.5. The zero-order chi connectivity index (χ0) is 20.7. The largest absolute Gasteiger partial charge is 0.390 e. The Labute approximate surface area is 179 Å². The molecule has 30 heavy (non-hydrogen) atoms. The lowest BCUT2D eigenvalue weighted by atomic mass is 10.1. The maximum Gasteiger partial charge on any atom is 0.191 e. The van der Waals surface area contributed by atoms with Gasteiger partial charge >= 0.3 is 0 Å². The Morgan fingerprint density at radius 2 is 2.00 bits per heavy atom. The van der Waals surface area contributed by atoms with Crippen molar-refractivity contribution in [3.05, 3.63) is 35.9 Å². The molecular weight excluding hydrogens is 400 g/mol. The van der Waals surface area contributed by atoms with Gasteiger partial charge in [-0.3, -0.25) is 0 Å². The standard InChI is InChI=1S/C21H26N6O2S/c1-2-10-30-21-23-19(22-14-11-13(14)12-6-4-3-5-7-12)17-20(24-21)27(26-25-17)15-8-9-16(28)18(15)29/h3-7,13-16,18,28-29H,2,8-11H2,1H3,(H,22,23,24)/t13-,14+,15+,16+,18-/m0/s1. The molecule has 5 rings (SSSR count). The number of anilines is 1. The number of thioether (sulfide) groups is 1. The molecule has 3 aromatic rings. The second-order valence-electron chi connectivity index (χ2n) is 8.12. The predicted molar refractivity (Wildman–Crippen MR) is 116 cm³/mol. The van der Waals surface area contributed by atoms with Crippen LogP contribution in [0.2, 0.25) is 0 Å². The van der Waals surface area contributed by atoms with E-state index in [2.05, 4.69) is 46.8 Å². The first-order valence-electron chi connectivity index (χ1n) is 10.6. The molecule has 0 bridgehead atoms. The zero-order valence-corrected chi connectivity index (χ0v) is 17.7. The van der Waals surface area contributed by atoms with E-state index in [1.54, 1.807) is 16.4 Å². The minimum atomic E-state index is -0.862. The molecule has 0 amide bonds. The van der Waals surface area contributed by atoms with Gasteiger partial charge in [0.25, 0.3) is 0 Å². The lowest BCUT2D eigenvalue weighted by Gasteiger charge is -2.16. The van der Waals surface area contributed by atoms with Crippen molar-refractivity contribution >= 4 is 28.7 Å². The Bertz CT molecular complexity index is 1030. The van der Waals surface area contributed by atoms with Crippen molar-refractivity contribution in [3.8, 4) is 0 Å². The number of aromatic nitrogens is 5. The van der Waals surface area contributed by atoms with Crippen LogP contribution < -0.4 is 5.32 Å². The fourth-order valence-corrected chi connectivity index (χ4v) is 4.89. The normalized spacial score (nSPS) is 28.2. The van der Waals surface area contributed by atoms with Crippen LogP contribution >= 0.6 is 11.8 Å². The van der Waals surface area contributed by atoms with Crippen molar-refractivity contribution in [1.29, 1.82) is 0 Å². The maximum atomic E-state index is 10.4. The van der Waals surface area contributed by atoms with Crippen LogP contribution in [-0.4, -0.2) is 59.2 Å². The van der Waals surface area contributed by atoms with E-state index in [-0.39, 0.29) is 6.04 Å². The minimum absolute atomic E-state index is 0.304. The summed E-state index contributed by atoms with van der Waals surface area (Å²) in [5.41, 5.74) is 2.55. The summed E-state index contributed by atoms with van der Waals surface area (Å²) < 4.78 is 1.67. The van der Waals surface area contributed by atoms with Gasteiger partial charge in [-0.15, -0.1) is 5.10 Å². The first-order chi connectivity index (χ1) is 14.7. The van der Waals surface area contributed by atoms with Gasteiger partial charge in [0.1, 0.15) is 6.10 Å². The molecule has 0 saturated heterocycles. The summed E-state index contributed by atoms with van der Waals surface area (Å²) >= 11 is 1.61. The van der Waals surface area contributed by atoms with E-state index in [1.165, 1.54) is 5.56 Å². The molecule has 1 aromatic carbocycles. The molecule has 0 aliphatic heterocycles. The van der Waals surface area contributed by atoms with Gasteiger partial charge in [0.2, 0.25) is 0 Å². The quantitative estimate of drug-likeness (QED) is 0.391. The summed E-state index contributed by atoms with van der Waals surface area (Å²) in [6.07, 6.45) is 1.66.